The molecule has 16 heavy (non-hydrogen) atoms. The highest BCUT2D eigenvalue weighted by Crippen LogP contribution is 2.31. The molecule has 0 heterocycles. The van der Waals surface area contributed by atoms with Crippen molar-refractivity contribution in [1.82, 2.24) is 0 Å². The van der Waals surface area contributed by atoms with E-state index in [0.29, 0.717) is 0 Å². The van der Waals surface area contributed by atoms with E-state index in [0.717, 1.165) is 11.3 Å². The van der Waals surface area contributed by atoms with Crippen molar-refractivity contribution in [1.29, 1.82) is 0 Å². The standard InChI is InChI=1S/C14H17FO/c1-5-6-10(2)11(3)13-9-12(15)7-8-14(13)16-4/h7-11H,1-4H3. The molecule has 1 aromatic carbocycles. The van der Waals surface area contributed by atoms with Crippen molar-refractivity contribution in [3.8, 4) is 17.6 Å². The highest BCUT2D eigenvalue weighted by atomic mass is 19.1. The van der Waals surface area contributed by atoms with E-state index in [2.05, 4.69) is 11.8 Å². The second-order valence-corrected chi connectivity index (χ2v) is 3.86. The number of rotatable bonds is 3. The second-order valence-electron chi connectivity index (χ2n) is 3.86. The number of hydrogen-bond acceptors (Lipinski definition) is 1. The van der Waals surface area contributed by atoms with Crippen LogP contribution in [0.4, 0.5) is 4.39 Å². The molecule has 0 saturated carbocycles. The highest BCUT2D eigenvalue weighted by Gasteiger charge is 2.17. The van der Waals surface area contributed by atoms with Crippen molar-refractivity contribution in [3.63, 3.8) is 0 Å². The van der Waals surface area contributed by atoms with Crippen LogP contribution in [0.3, 0.4) is 0 Å². The zero-order valence-electron chi connectivity index (χ0n) is 10.2. The van der Waals surface area contributed by atoms with E-state index in [9.17, 15) is 4.39 Å². The lowest BCUT2D eigenvalue weighted by Gasteiger charge is -2.18. The van der Waals surface area contributed by atoms with Crippen molar-refractivity contribution < 1.29 is 9.13 Å². The summed E-state index contributed by atoms with van der Waals surface area (Å²) in [5.74, 6) is 6.79. The minimum atomic E-state index is -0.237. The van der Waals surface area contributed by atoms with Crippen LogP contribution in [-0.2, 0) is 0 Å². The fourth-order valence-corrected chi connectivity index (χ4v) is 1.68. The molecular weight excluding hydrogens is 203 g/mol. The second kappa shape index (κ2) is 5.55. The van der Waals surface area contributed by atoms with Crippen LogP contribution in [-0.4, -0.2) is 7.11 Å². The molecule has 2 unspecified atom stereocenters. The van der Waals surface area contributed by atoms with Gasteiger partial charge >= 0.3 is 0 Å². The zero-order chi connectivity index (χ0) is 12.1. The Bertz CT molecular complexity index is 414. The first-order valence-electron chi connectivity index (χ1n) is 5.35. The van der Waals surface area contributed by atoms with Gasteiger partial charge in [0.25, 0.3) is 0 Å². The van der Waals surface area contributed by atoms with Crippen molar-refractivity contribution in [2.75, 3.05) is 7.11 Å². The third-order valence-corrected chi connectivity index (χ3v) is 2.80. The molecule has 1 nitrogen and oxygen atoms in total. The van der Waals surface area contributed by atoms with E-state index in [-0.39, 0.29) is 17.7 Å². The van der Waals surface area contributed by atoms with Gasteiger partial charge in [-0.3, -0.25) is 0 Å². The molecule has 0 bridgehead atoms. The molecule has 86 valence electrons. The van der Waals surface area contributed by atoms with Crippen LogP contribution >= 0.6 is 0 Å². The van der Waals surface area contributed by atoms with Crippen molar-refractivity contribution in [3.05, 3.63) is 29.6 Å². The summed E-state index contributed by atoms with van der Waals surface area (Å²) in [4.78, 5) is 0. The van der Waals surface area contributed by atoms with Gasteiger partial charge in [0.2, 0.25) is 0 Å². The van der Waals surface area contributed by atoms with Crippen molar-refractivity contribution in [2.45, 2.75) is 26.7 Å². The van der Waals surface area contributed by atoms with Gasteiger partial charge in [-0.25, -0.2) is 4.39 Å². The predicted octanol–water partition coefficient (Wildman–Crippen LogP) is 3.60. The Labute approximate surface area is 96.6 Å². The molecule has 2 atom stereocenters. The van der Waals surface area contributed by atoms with Gasteiger partial charge in [0.1, 0.15) is 11.6 Å². The third kappa shape index (κ3) is 2.76. The normalized spacial score (nSPS) is 13.6. The Hall–Kier alpha value is -1.49. The Morgan fingerprint density at radius 3 is 2.56 bits per heavy atom. The molecule has 0 aliphatic carbocycles. The number of ether oxygens (including phenoxy) is 1. The molecule has 0 aliphatic rings. The van der Waals surface area contributed by atoms with E-state index in [1.165, 1.54) is 12.1 Å². The van der Waals surface area contributed by atoms with Crippen LogP contribution < -0.4 is 4.74 Å². The lowest BCUT2D eigenvalue weighted by atomic mass is 9.88. The van der Waals surface area contributed by atoms with Gasteiger partial charge in [-0.1, -0.05) is 19.8 Å². The van der Waals surface area contributed by atoms with Gasteiger partial charge in [0.15, 0.2) is 0 Å². The molecule has 0 aliphatic heterocycles. The molecule has 0 saturated heterocycles. The SMILES string of the molecule is CC#CC(C)C(C)c1cc(F)ccc1OC. The summed E-state index contributed by atoms with van der Waals surface area (Å²) in [6.07, 6.45) is 0. The lowest BCUT2D eigenvalue weighted by molar-refractivity contribution is 0.401. The number of methoxy groups -OCH3 is 1. The quantitative estimate of drug-likeness (QED) is 0.707. The molecule has 1 aromatic rings. The average molecular weight is 220 g/mol. The maximum atomic E-state index is 13.2. The maximum Gasteiger partial charge on any atom is 0.123 e. The van der Waals surface area contributed by atoms with Gasteiger partial charge in [-0.2, -0.15) is 0 Å². The third-order valence-electron chi connectivity index (χ3n) is 2.80. The van der Waals surface area contributed by atoms with Gasteiger partial charge in [0.05, 0.1) is 7.11 Å². The first-order valence-corrected chi connectivity index (χ1v) is 5.35. The first kappa shape index (κ1) is 12.6. The zero-order valence-corrected chi connectivity index (χ0v) is 10.2. The fraction of sp³-hybridized carbons (Fsp3) is 0.429. The topological polar surface area (TPSA) is 9.23 Å². The largest absolute Gasteiger partial charge is 0.496 e. The van der Waals surface area contributed by atoms with Crippen LogP contribution in [0.2, 0.25) is 0 Å². The van der Waals surface area contributed by atoms with Gasteiger partial charge in [-0.15, -0.1) is 5.92 Å². The lowest BCUT2D eigenvalue weighted by Crippen LogP contribution is -2.06. The molecule has 0 amide bonds. The Morgan fingerprint density at radius 1 is 1.31 bits per heavy atom. The molecule has 0 fully saturated rings. The first-order chi connectivity index (χ1) is 7.60. The number of benzene rings is 1. The van der Waals surface area contributed by atoms with E-state index in [4.69, 9.17) is 4.74 Å². The average Bonchev–Trinajstić information content (AvgIpc) is 2.28. The Kier molecular flexibility index (Phi) is 4.37. The molecule has 0 radical (unpaired) electrons. The number of hydrogen-bond donors (Lipinski definition) is 0. The van der Waals surface area contributed by atoms with Crippen LogP contribution in [0.5, 0.6) is 5.75 Å². The smallest absolute Gasteiger partial charge is 0.123 e. The monoisotopic (exact) mass is 220 g/mol. The van der Waals surface area contributed by atoms with Crippen LogP contribution in [0.25, 0.3) is 0 Å². The summed E-state index contributed by atoms with van der Waals surface area (Å²) in [6.45, 7) is 5.88. The molecule has 0 spiro atoms. The van der Waals surface area contributed by atoms with E-state index >= 15 is 0 Å². The Morgan fingerprint density at radius 2 is 2.00 bits per heavy atom. The summed E-state index contributed by atoms with van der Waals surface area (Å²) < 4.78 is 18.4. The summed E-state index contributed by atoms with van der Waals surface area (Å²) >= 11 is 0. The van der Waals surface area contributed by atoms with Gasteiger partial charge in [-0.05, 0) is 31.0 Å². The van der Waals surface area contributed by atoms with Crippen LogP contribution in [0.1, 0.15) is 32.3 Å². The van der Waals surface area contributed by atoms with Crippen molar-refractivity contribution >= 4 is 0 Å². The Balaban J connectivity index is 3.08. The van der Waals surface area contributed by atoms with Crippen LogP contribution in [0.15, 0.2) is 18.2 Å². The molecular formula is C14H17FO. The number of halogens is 1. The fourth-order valence-electron chi connectivity index (χ4n) is 1.68. The minimum absolute atomic E-state index is 0.151. The predicted molar refractivity (Wildman–Crippen MR) is 64.0 cm³/mol. The summed E-state index contributed by atoms with van der Waals surface area (Å²) in [6, 6.07) is 4.59. The van der Waals surface area contributed by atoms with E-state index in [1.807, 2.05) is 20.8 Å². The molecule has 1 rings (SSSR count). The minimum Gasteiger partial charge on any atom is -0.496 e. The van der Waals surface area contributed by atoms with Gasteiger partial charge in [0, 0.05) is 11.5 Å². The van der Waals surface area contributed by atoms with E-state index < -0.39 is 0 Å². The maximum absolute atomic E-state index is 13.2. The molecule has 0 N–H and O–H groups in total. The van der Waals surface area contributed by atoms with Crippen LogP contribution in [0, 0.1) is 23.6 Å². The summed E-state index contributed by atoms with van der Waals surface area (Å²) in [7, 11) is 1.60. The summed E-state index contributed by atoms with van der Waals surface area (Å²) in [5.41, 5.74) is 0.873. The van der Waals surface area contributed by atoms with E-state index in [1.54, 1.807) is 13.2 Å². The highest BCUT2D eigenvalue weighted by molar-refractivity contribution is 5.37. The van der Waals surface area contributed by atoms with Crippen molar-refractivity contribution in [2.24, 2.45) is 5.92 Å². The molecule has 0 aromatic heterocycles. The molecule has 2 heteroatoms. The van der Waals surface area contributed by atoms with Gasteiger partial charge < -0.3 is 4.74 Å². The summed E-state index contributed by atoms with van der Waals surface area (Å²) in [5, 5.41) is 0.